The van der Waals surface area contributed by atoms with E-state index in [9.17, 15) is 9.59 Å². The molecule has 0 aliphatic heterocycles. The van der Waals surface area contributed by atoms with Crippen LogP contribution in [0.15, 0.2) is 24.3 Å². The number of nitrogens with zero attached hydrogens (tertiary/aromatic N) is 3. The van der Waals surface area contributed by atoms with Gasteiger partial charge in [0.1, 0.15) is 23.9 Å². The molecule has 2 rings (SSSR count). The highest BCUT2D eigenvalue weighted by atomic mass is 16.5. The van der Waals surface area contributed by atoms with Crippen LogP contribution in [0.3, 0.4) is 0 Å². The van der Waals surface area contributed by atoms with Crippen molar-refractivity contribution in [2.75, 3.05) is 31.4 Å². The Morgan fingerprint density at radius 1 is 0.971 bits per heavy atom. The van der Waals surface area contributed by atoms with Crippen LogP contribution in [0.1, 0.15) is 61.1 Å². The third-order valence-electron chi connectivity index (χ3n) is 5.18. The van der Waals surface area contributed by atoms with E-state index in [1.165, 1.54) is 4.90 Å². The summed E-state index contributed by atoms with van der Waals surface area (Å²) < 4.78 is 12.3. The molecule has 0 aliphatic rings. The quantitative estimate of drug-likeness (QED) is 0.600. The van der Waals surface area contributed by atoms with Crippen LogP contribution in [0.25, 0.3) is 0 Å². The van der Waals surface area contributed by atoms with Crippen molar-refractivity contribution >= 4 is 23.4 Å². The summed E-state index contributed by atoms with van der Waals surface area (Å²) in [6.07, 6.45) is 0. The monoisotopic (exact) mass is 473 g/mol. The summed E-state index contributed by atoms with van der Waals surface area (Å²) in [6.45, 7) is 15.9. The Hall–Kier alpha value is -3.23. The molecule has 0 fully saturated rings. The number of ether oxygens (including phenoxy) is 2. The molecule has 0 atom stereocenters. The van der Waals surface area contributed by atoms with Crippen molar-refractivity contribution < 1.29 is 19.1 Å². The normalized spacial score (nSPS) is 11.9. The van der Waals surface area contributed by atoms with E-state index in [4.69, 9.17) is 14.6 Å². The second-order valence-electron chi connectivity index (χ2n) is 10.5. The minimum atomic E-state index is -0.403. The van der Waals surface area contributed by atoms with Gasteiger partial charge in [0.25, 0.3) is 0 Å². The maximum absolute atomic E-state index is 13.0. The lowest BCUT2D eigenvalue weighted by Crippen LogP contribution is -2.45. The predicted molar refractivity (Wildman–Crippen MR) is 135 cm³/mol. The van der Waals surface area contributed by atoms with Gasteiger partial charge in [-0.2, -0.15) is 5.10 Å². The van der Waals surface area contributed by atoms with E-state index < -0.39 is 6.03 Å². The third kappa shape index (κ3) is 6.88. The zero-order valence-corrected chi connectivity index (χ0v) is 22.1. The molecule has 1 aromatic heterocycles. The summed E-state index contributed by atoms with van der Waals surface area (Å²) in [5.41, 5.74) is 0.889. The fourth-order valence-corrected chi connectivity index (χ4v) is 3.25. The number of methoxy groups -OCH3 is 2. The molecular formula is C25H39N5O4. The molecular weight excluding hydrogens is 434 g/mol. The Balaban J connectivity index is 2.21. The van der Waals surface area contributed by atoms with Gasteiger partial charge in [0, 0.05) is 41.4 Å². The van der Waals surface area contributed by atoms with Gasteiger partial charge in [-0.3, -0.25) is 4.79 Å². The van der Waals surface area contributed by atoms with Crippen LogP contribution in [0.2, 0.25) is 0 Å². The molecule has 188 valence electrons. The molecule has 1 aromatic carbocycles. The number of aromatic nitrogens is 2. The Morgan fingerprint density at radius 2 is 1.53 bits per heavy atom. The summed E-state index contributed by atoms with van der Waals surface area (Å²) >= 11 is 0. The zero-order valence-electron chi connectivity index (χ0n) is 22.1. The highest BCUT2D eigenvalue weighted by molar-refractivity contribution is 5.97. The highest BCUT2D eigenvalue weighted by Crippen LogP contribution is 2.29. The van der Waals surface area contributed by atoms with Crippen molar-refractivity contribution in [2.24, 2.45) is 0 Å². The molecule has 3 amide bonds. The van der Waals surface area contributed by atoms with Crippen molar-refractivity contribution in [2.45, 2.75) is 72.4 Å². The van der Waals surface area contributed by atoms with Crippen molar-refractivity contribution in [1.29, 1.82) is 0 Å². The molecule has 0 saturated heterocycles. The van der Waals surface area contributed by atoms with E-state index in [-0.39, 0.29) is 29.4 Å². The average molecular weight is 474 g/mol. The molecule has 0 unspecified atom stereocenters. The number of amides is 3. The van der Waals surface area contributed by atoms with Crippen LogP contribution < -0.4 is 20.1 Å². The molecule has 1 heterocycles. The van der Waals surface area contributed by atoms with Crippen LogP contribution in [0, 0.1) is 0 Å². The smallest absolute Gasteiger partial charge is 0.322 e. The lowest BCUT2D eigenvalue weighted by Gasteiger charge is -2.27. The fourth-order valence-electron chi connectivity index (χ4n) is 3.25. The molecule has 9 heteroatoms. The predicted octanol–water partition coefficient (Wildman–Crippen LogP) is 4.83. The number of benzene rings is 1. The van der Waals surface area contributed by atoms with E-state index in [1.54, 1.807) is 32.4 Å². The van der Waals surface area contributed by atoms with Crippen molar-refractivity contribution in [1.82, 2.24) is 14.7 Å². The summed E-state index contributed by atoms with van der Waals surface area (Å²) in [5, 5.41) is 10.5. The number of hydrogen-bond acceptors (Lipinski definition) is 5. The molecule has 0 saturated carbocycles. The van der Waals surface area contributed by atoms with Gasteiger partial charge in [0.2, 0.25) is 5.91 Å². The topological polar surface area (TPSA) is 97.7 Å². The molecule has 0 aliphatic carbocycles. The Morgan fingerprint density at radius 3 is 1.97 bits per heavy atom. The molecule has 2 N–H and O–H groups in total. The molecule has 9 nitrogen and oxygen atoms in total. The minimum absolute atomic E-state index is 0.120. The van der Waals surface area contributed by atoms with E-state index in [1.807, 2.05) is 45.4 Å². The summed E-state index contributed by atoms with van der Waals surface area (Å²) in [6, 6.07) is 6.37. The van der Waals surface area contributed by atoms with Crippen LogP contribution in [-0.2, 0) is 15.7 Å². The van der Waals surface area contributed by atoms with E-state index in [2.05, 4.69) is 31.4 Å². The SMILES string of the molecule is COc1cc(NC(=O)N(CC(=O)Nc2cc(C(C)(C)C)nn2C(C)(C)C)C(C)C)cc(OC)c1. The minimum Gasteiger partial charge on any atom is -0.497 e. The number of hydrogen-bond donors (Lipinski definition) is 2. The molecule has 0 radical (unpaired) electrons. The van der Waals surface area contributed by atoms with E-state index in [0.717, 1.165) is 5.69 Å². The number of anilines is 2. The number of nitrogens with one attached hydrogen (secondary N) is 2. The second-order valence-corrected chi connectivity index (χ2v) is 10.5. The van der Waals surface area contributed by atoms with Gasteiger partial charge in [0.15, 0.2) is 0 Å². The fraction of sp³-hybridized carbons (Fsp3) is 0.560. The van der Waals surface area contributed by atoms with Gasteiger partial charge >= 0.3 is 6.03 Å². The van der Waals surface area contributed by atoms with Crippen molar-refractivity contribution in [3.8, 4) is 11.5 Å². The van der Waals surface area contributed by atoms with Crippen molar-refractivity contribution in [3.63, 3.8) is 0 Å². The van der Waals surface area contributed by atoms with Gasteiger partial charge in [-0.05, 0) is 34.6 Å². The Labute approximate surface area is 202 Å². The number of rotatable bonds is 7. The first-order valence-electron chi connectivity index (χ1n) is 11.4. The molecule has 0 spiro atoms. The largest absolute Gasteiger partial charge is 0.497 e. The first-order valence-corrected chi connectivity index (χ1v) is 11.4. The van der Waals surface area contributed by atoms with Gasteiger partial charge in [0.05, 0.1) is 25.5 Å². The third-order valence-corrected chi connectivity index (χ3v) is 5.18. The maximum atomic E-state index is 13.0. The van der Waals surface area contributed by atoms with Crippen LogP contribution in [-0.4, -0.2) is 53.4 Å². The van der Waals surface area contributed by atoms with E-state index >= 15 is 0 Å². The first-order chi connectivity index (χ1) is 15.6. The number of urea groups is 1. The summed E-state index contributed by atoms with van der Waals surface area (Å²) in [4.78, 5) is 27.5. The number of carbonyl (C=O) groups excluding carboxylic acids is 2. The summed E-state index contributed by atoms with van der Waals surface area (Å²) in [5.74, 6) is 1.39. The Kier molecular flexibility index (Phi) is 8.23. The van der Waals surface area contributed by atoms with Crippen molar-refractivity contribution in [3.05, 3.63) is 30.0 Å². The summed E-state index contributed by atoms with van der Waals surface area (Å²) in [7, 11) is 3.08. The highest BCUT2D eigenvalue weighted by Gasteiger charge is 2.27. The lowest BCUT2D eigenvalue weighted by molar-refractivity contribution is -0.117. The number of carbonyl (C=O) groups is 2. The lowest BCUT2D eigenvalue weighted by atomic mass is 9.92. The van der Waals surface area contributed by atoms with Gasteiger partial charge in [-0.25, -0.2) is 9.48 Å². The average Bonchev–Trinajstić information content (AvgIpc) is 3.16. The standard InChI is InChI=1S/C25H39N5O4/c1-16(2)29(23(32)26-17-11-18(33-9)13-19(12-17)34-10)15-22(31)27-21-14-20(24(3,4)5)28-30(21)25(6,7)8/h11-14,16H,15H2,1-10H3,(H,26,32)(H,27,31). The van der Waals surface area contributed by atoms with Crippen LogP contribution in [0.5, 0.6) is 11.5 Å². The van der Waals surface area contributed by atoms with Crippen LogP contribution >= 0.6 is 0 Å². The maximum Gasteiger partial charge on any atom is 0.322 e. The second kappa shape index (κ2) is 10.4. The molecule has 0 bridgehead atoms. The van der Waals surface area contributed by atoms with E-state index in [0.29, 0.717) is 23.0 Å². The zero-order chi connectivity index (χ0) is 25.8. The molecule has 34 heavy (non-hydrogen) atoms. The van der Waals surface area contributed by atoms with Gasteiger partial charge in [-0.1, -0.05) is 20.8 Å². The Bertz CT molecular complexity index is 993. The molecule has 2 aromatic rings. The van der Waals surface area contributed by atoms with Gasteiger partial charge in [-0.15, -0.1) is 0 Å². The van der Waals surface area contributed by atoms with Gasteiger partial charge < -0.3 is 25.0 Å². The van der Waals surface area contributed by atoms with Crippen LogP contribution in [0.4, 0.5) is 16.3 Å². The first kappa shape index (κ1) is 27.0.